The molecule has 0 spiro atoms. The van der Waals surface area contributed by atoms with Gasteiger partial charge in [0, 0.05) is 56.8 Å². The summed E-state index contributed by atoms with van der Waals surface area (Å²) in [5.74, 6) is 1.16. The van der Waals surface area contributed by atoms with Crippen molar-refractivity contribution in [1.29, 1.82) is 0 Å². The van der Waals surface area contributed by atoms with Crippen molar-refractivity contribution in [3.63, 3.8) is 0 Å². The highest BCUT2D eigenvalue weighted by atomic mass is 16.1. The van der Waals surface area contributed by atoms with Gasteiger partial charge in [0.05, 0.1) is 5.69 Å². The molecular formula is C23H25N5O. The van der Waals surface area contributed by atoms with Gasteiger partial charge in [-0.2, -0.15) is 0 Å². The summed E-state index contributed by atoms with van der Waals surface area (Å²) < 4.78 is 1.99. The predicted molar refractivity (Wildman–Crippen MR) is 115 cm³/mol. The van der Waals surface area contributed by atoms with Gasteiger partial charge < -0.3 is 14.2 Å². The maximum atomic E-state index is 12.9. The van der Waals surface area contributed by atoms with Crippen LogP contribution in [0.25, 0.3) is 17.3 Å². The highest BCUT2D eigenvalue weighted by Crippen LogP contribution is 2.29. The molecule has 0 bridgehead atoms. The van der Waals surface area contributed by atoms with Gasteiger partial charge in [-0.05, 0) is 55.3 Å². The number of anilines is 1. The number of nitrogens with zero attached hydrogens (tertiary/aromatic N) is 5. The highest BCUT2D eigenvalue weighted by Gasteiger charge is 2.22. The van der Waals surface area contributed by atoms with Gasteiger partial charge in [0.1, 0.15) is 11.5 Å². The average molecular weight is 387 g/mol. The first-order valence-electron chi connectivity index (χ1n) is 10.2. The van der Waals surface area contributed by atoms with Gasteiger partial charge in [-0.25, -0.2) is 9.97 Å². The number of hydrogen-bond donors (Lipinski definition) is 0. The molecule has 6 heteroatoms. The van der Waals surface area contributed by atoms with Gasteiger partial charge in [-0.15, -0.1) is 0 Å². The molecule has 148 valence electrons. The summed E-state index contributed by atoms with van der Waals surface area (Å²) >= 11 is 0. The van der Waals surface area contributed by atoms with E-state index in [1.807, 2.05) is 41.2 Å². The number of aromatic nitrogens is 3. The van der Waals surface area contributed by atoms with E-state index in [0.29, 0.717) is 12.0 Å². The summed E-state index contributed by atoms with van der Waals surface area (Å²) in [5.41, 5.74) is 5.64. The first-order valence-corrected chi connectivity index (χ1v) is 10.2. The van der Waals surface area contributed by atoms with Crippen LogP contribution in [0.2, 0.25) is 0 Å². The number of ketones is 1. The summed E-state index contributed by atoms with van der Waals surface area (Å²) in [6.07, 6.45) is 9.11. The maximum Gasteiger partial charge on any atom is 0.165 e. The molecule has 0 amide bonds. The van der Waals surface area contributed by atoms with E-state index in [0.717, 1.165) is 60.9 Å². The van der Waals surface area contributed by atoms with Crippen molar-refractivity contribution in [1.82, 2.24) is 19.3 Å². The molecule has 6 nitrogen and oxygen atoms in total. The van der Waals surface area contributed by atoms with Crippen LogP contribution in [-0.2, 0) is 11.2 Å². The molecule has 4 heterocycles. The molecule has 0 unspecified atom stereocenters. The summed E-state index contributed by atoms with van der Waals surface area (Å²) in [6, 6.07) is 6.19. The van der Waals surface area contributed by atoms with E-state index < -0.39 is 0 Å². The Kier molecular flexibility index (Phi) is 4.43. The second kappa shape index (κ2) is 7.12. The fourth-order valence-corrected chi connectivity index (χ4v) is 4.12. The SMILES string of the molecule is Cc1ccc2nc(C3=Cc4cnc(N5CCN(C)CC5)cc4CCC3=O)cn2c1. The number of pyridine rings is 2. The molecule has 0 saturated carbocycles. The number of Topliss-reactive ketones (excluding diaryl/α,β-unsaturated/α-hetero) is 1. The highest BCUT2D eigenvalue weighted by molar-refractivity contribution is 6.25. The summed E-state index contributed by atoms with van der Waals surface area (Å²) in [5, 5.41) is 0. The van der Waals surface area contributed by atoms with Gasteiger partial charge in [-0.1, -0.05) is 6.07 Å². The smallest absolute Gasteiger partial charge is 0.165 e. The van der Waals surface area contributed by atoms with Crippen LogP contribution in [0.4, 0.5) is 5.82 Å². The number of likely N-dealkylation sites (N-methyl/N-ethyl adjacent to an activating group) is 1. The van der Waals surface area contributed by atoms with E-state index in [1.54, 1.807) is 0 Å². The van der Waals surface area contributed by atoms with Crippen LogP contribution in [0.1, 0.15) is 28.8 Å². The minimum Gasteiger partial charge on any atom is -0.354 e. The van der Waals surface area contributed by atoms with Crippen LogP contribution >= 0.6 is 0 Å². The minimum absolute atomic E-state index is 0.141. The first-order chi connectivity index (χ1) is 14.1. The van der Waals surface area contributed by atoms with E-state index in [2.05, 4.69) is 34.8 Å². The molecule has 0 N–H and O–H groups in total. The zero-order valence-electron chi connectivity index (χ0n) is 16.9. The minimum atomic E-state index is 0.141. The molecule has 0 atom stereocenters. The van der Waals surface area contributed by atoms with Crippen LogP contribution in [0, 0.1) is 6.92 Å². The quantitative estimate of drug-likeness (QED) is 0.677. The Morgan fingerprint density at radius 3 is 2.69 bits per heavy atom. The van der Waals surface area contributed by atoms with Crippen LogP contribution in [0.15, 0.2) is 36.8 Å². The number of aryl methyl sites for hydroxylation is 2. The molecule has 1 saturated heterocycles. The Morgan fingerprint density at radius 2 is 1.86 bits per heavy atom. The van der Waals surface area contributed by atoms with Crippen molar-refractivity contribution in [2.45, 2.75) is 19.8 Å². The lowest BCUT2D eigenvalue weighted by atomic mass is 10.1. The Balaban J connectivity index is 1.50. The molecule has 29 heavy (non-hydrogen) atoms. The third kappa shape index (κ3) is 3.44. The van der Waals surface area contributed by atoms with Gasteiger partial charge in [0.15, 0.2) is 5.78 Å². The third-order valence-electron chi connectivity index (χ3n) is 5.93. The predicted octanol–water partition coefficient (Wildman–Crippen LogP) is 2.85. The Morgan fingerprint density at radius 1 is 1.03 bits per heavy atom. The topological polar surface area (TPSA) is 53.7 Å². The molecule has 3 aromatic heterocycles. The lowest BCUT2D eigenvalue weighted by molar-refractivity contribution is -0.113. The van der Waals surface area contributed by atoms with Gasteiger partial charge >= 0.3 is 0 Å². The molecule has 0 aromatic carbocycles. The van der Waals surface area contributed by atoms with Gasteiger partial charge in [0.2, 0.25) is 0 Å². The standard InChI is InChI=1S/C23H25N5O/c1-16-3-6-22-25-20(15-28(22)14-16)19-11-18-13-24-23(12-17(18)4-5-21(19)29)27-9-7-26(2)8-10-27/h3,6,11-15H,4-5,7-10H2,1-2H3. The monoisotopic (exact) mass is 387 g/mol. The Bertz CT molecular complexity index is 1120. The Labute approximate surface area is 170 Å². The number of carbonyl (C=O) groups is 1. The van der Waals surface area contributed by atoms with Crippen molar-refractivity contribution in [3.05, 3.63) is 59.2 Å². The molecule has 2 aliphatic rings. The Hall–Kier alpha value is -2.99. The normalized spacial score (nSPS) is 17.9. The molecule has 0 radical (unpaired) electrons. The van der Waals surface area contributed by atoms with Gasteiger partial charge in [-0.3, -0.25) is 4.79 Å². The van der Waals surface area contributed by atoms with Crippen LogP contribution < -0.4 is 4.90 Å². The number of fused-ring (bicyclic) bond motifs is 2. The number of carbonyl (C=O) groups excluding carboxylic acids is 1. The lowest BCUT2D eigenvalue weighted by Gasteiger charge is -2.33. The zero-order chi connectivity index (χ0) is 20.0. The summed E-state index contributed by atoms with van der Waals surface area (Å²) in [4.78, 5) is 27.0. The van der Waals surface area contributed by atoms with Crippen LogP contribution in [-0.4, -0.2) is 58.3 Å². The fraction of sp³-hybridized carbons (Fsp3) is 0.348. The average Bonchev–Trinajstić information content (AvgIpc) is 3.06. The van der Waals surface area contributed by atoms with Crippen molar-refractivity contribution in [2.75, 3.05) is 38.1 Å². The number of hydrogen-bond acceptors (Lipinski definition) is 5. The third-order valence-corrected chi connectivity index (χ3v) is 5.93. The van der Waals surface area contributed by atoms with E-state index in [4.69, 9.17) is 4.98 Å². The summed E-state index contributed by atoms with van der Waals surface area (Å²) in [6.45, 7) is 6.13. The number of piperazine rings is 1. The van der Waals surface area contributed by atoms with Crippen molar-refractivity contribution < 1.29 is 4.79 Å². The van der Waals surface area contributed by atoms with E-state index in [1.165, 1.54) is 5.56 Å². The summed E-state index contributed by atoms with van der Waals surface area (Å²) in [7, 11) is 2.15. The number of allylic oxidation sites excluding steroid dienone is 1. The molecule has 3 aromatic rings. The van der Waals surface area contributed by atoms with E-state index in [-0.39, 0.29) is 5.78 Å². The van der Waals surface area contributed by atoms with Crippen molar-refractivity contribution >= 4 is 28.9 Å². The fourth-order valence-electron chi connectivity index (χ4n) is 4.12. The lowest BCUT2D eigenvalue weighted by Crippen LogP contribution is -2.44. The van der Waals surface area contributed by atoms with E-state index >= 15 is 0 Å². The maximum absolute atomic E-state index is 12.9. The van der Waals surface area contributed by atoms with Crippen molar-refractivity contribution in [3.8, 4) is 0 Å². The van der Waals surface area contributed by atoms with Gasteiger partial charge in [0.25, 0.3) is 0 Å². The van der Waals surface area contributed by atoms with Crippen LogP contribution in [0.3, 0.4) is 0 Å². The van der Waals surface area contributed by atoms with E-state index in [9.17, 15) is 4.79 Å². The number of rotatable bonds is 2. The molecule has 1 aliphatic heterocycles. The second-order valence-corrected chi connectivity index (χ2v) is 8.11. The second-order valence-electron chi connectivity index (χ2n) is 8.11. The molecule has 1 aliphatic carbocycles. The largest absolute Gasteiger partial charge is 0.354 e. The number of imidazole rings is 1. The molecular weight excluding hydrogens is 362 g/mol. The molecule has 5 rings (SSSR count). The molecule has 1 fully saturated rings. The first kappa shape index (κ1) is 18.1. The van der Waals surface area contributed by atoms with Crippen molar-refractivity contribution in [2.24, 2.45) is 0 Å². The van der Waals surface area contributed by atoms with Crippen LogP contribution in [0.5, 0.6) is 0 Å². The zero-order valence-corrected chi connectivity index (χ0v) is 16.9.